The number of hydrogen-bond donors (Lipinski definition) is 0. The first-order valence-corrected chi connectivity index (χ1v) is 7.99. The number of benzene rings is 2. The Morgan fingerprint density at radius 1 is 1.26 bits per heavy atom. The van der Waals surface area contributed by atoms with Gasteiger partial charge >= 0.3 is 5.97 Å². The first kappa shape index (κ1) is 15.6. The number of imidazole rings is 1. The molecule has 0 aliphatic heterocycles. The van der Waals surface area contributed by atoms with E-state index in [2.05, 4.69) is 9.72 Å². The van der Waals surface area contributed by atoms with E-state index in [-0.39, 0.29) is 11.8 Å². The summed E-state index contributed by atoms with van der Waals surface area (Å²) in [5, 5.41) is 0.822. The second-order valence-corrected chi connectivity index (χ2v) is 6.01. The van der Waals surface area contributed by atoms with Gasteiger partial charge in [-0.2, -0.15) is 0 Å². The molecule has 0 aliphatic carbocycles. The van der Waals surface area contributed by atoms with E-state index in [0.29, 0.717) is 16.8 Å². The summed E-state index contributed by atoms with van der Waals surface area (Å²) >= 11 is 1.56. The molecule has 1 aromatic heterocycles. The molecule has 118 valence electrons. The number of nitrogens with zero attached hydrogens (tertiary/aromatic N) is 2. The quantitative estimate of drug-likeness (QED) is 0.539. The van der Waals surface area contributed by atoms with E-state index in [9.17, 15) is 9.18 Å². The topological polar surface area (TPSA) is 44.1 Å². The largest absolute Gasteiger partial charge is 0.465 e. The van der Waals surface area contributed by atoms with Gasteiger partial charge in [0.05, 0.1) is 23.7 Å². The molecule has 6 heteroatoms. The van der Waals surface area contributed by atoms with Gasteiger partial charge in [0.1, 0.15) is 5.82 Å². The van der Waals surface area contributed by atoms with E-state index in [4.69, 9.17) is 0 Å². The van der Waals surface area contributed by atoms with Crippen molar-refractivity contribution in [2.24, 2.45) is 7.05 Å². The SMILES string of the molecule is COC(=O)c1ccc(CSc2nc3cc(F)ccc3n2C)cc1. The maximum absolute atomic E-state index is 13.3. The first-order chi connectivity index (χ1) is 11.1. The van der Waals surface area contributed by atoms with Crippen LogP contribution in [0.1, 0.15) is 15.9 Å². The maximum Gasteiger partial charge on any atom is 0.337 e. The number of aryl methyl sites for hydroxylation is 1. The fraction of sp³-hybridized carbons (Fsp3) is 0.176. The van der Waals surface area contributed by atoms with Gasteiger partial charge in [-0.1, -0.05) is 23.9 Å². The van der Waals surface area contributed by atoms with Crippen molar-refractivity contribution in [1.82, 2.24) is 9.55 Å². The number of esters is 1. The minimum Gasteiger partial charge on any atom is -0.465 e. The van der Waals surface area contributed by atoms with Gasteiger partial charge in [-0.25, -0.2) is 14.2 Å². The zero-order valence-electron chi connectivity index (χ0n) is 12.7. The van der Waals surface area contributed by atoms with Gasteiger partial charge in [0.2, 0.25) is 0 Å². The fourth-order valence-electron chi connectivity index (χ4n) is 2.28. The van der Waals surface area contributed by atoms with Crippen molar-refractivity contribution in [2.75, 3.05) is 7.11 Å². The fourth-order valence-corrected chi connectivity index (χ4v) is 3.23. The van der Waals surface area contributed by atoms with Crippen LogP contribution in [0.4, 0.5) is 4.39 Å². The summed E-state index contributed by atoms with van der Waals surface area (Å²) in [7, 11) is 3.27. The van der Waals surface area contributed by atoms with Gasteiger partial charge in [-0.15, -0.1) is 0 Å². The molecule has 0 radical (unpaired) electrons. The molecule has 23 heavy (non-hydrogen) atoms. The summed E-state index contributed by atoms with van der Waals surface area (Å²) in [6, 6.07) is 11.9. The first-order valence-electron chi connectivity index (χ1n) is 7.00. The number of thioether (sulfide) groups is 1. The number of hydrogen-bond acceptors (Lipinski definition) is 4. The summed E-state index contributed by atoms with van der Waals surface area (Å²) in [5.41, 5.74) is 3.14. The molecule has 0 fully saturated rings. The molecular weight excluding hydrogens is 315 g/mol. The van der Waals surface area contributed by atoms with Gasteiger partial charge in [0.15, 0.2) is 5.16 Å². The average Bonchev–Trinajstić information content (AvgIpc) is 2.88. The van der Waals surface area contributed by atoms with Crippen LogP contribution in [0, 0.1) is 5.82 Å². The predicted octanol–water partition coefficient (Wildman–Crippen LogP) is 3.79. The number of aromatic nitrogens is 2. The van der Waals surface area contributed by atoms with Crippen LogP contribution in [0.3, 0.4) is 0 Å². The number of methoxy groups -OCH3 is 1. The summed E-state index contributed by atoms with van der Waals surface area (Å²) in [6.45, 7) is 0. The van der Waals surface area contributed by atoms with E-state index in [0.717, 1.165) is 16.2 Å². The number of fused-ring (bicyclic) bond motifs is 1. The van der Waals surface area contributed by atoms with Crippen molar-refractivity contribution in [3.05, 3.63) is 59.4 Å². The molecule has 0 saturated carbocycles. The number of ether oxygens (including phenoxy) is 1. The number of carbonyl (C=O) groups excluding carboxylic acids is 1. The maximum atomic E-state index is 13.3. The smallest absolute Gasteiger partial charge is 0.337 e. The van der Waals surface area contributed by atoms with Crippen LogP contribution in [0.25, 0.3) is 11.0 Å². The standard InChI is InChI=1S/C17H15FN2O2S/c1-20-15-8-7-13(18)9-14(15)19-17(20)23-10-11-3-5-12(6-4-11)16(21)22-2/h3-9H,10H2,1-2H3. The number of halogens is 1. The normalized spacial score (nSPS) is 10.9. The lowest BCUT2D eigenvalue weighted by Gasteiger charge is -2.04. The van der Waals surface area contributed by atoms with Crippen molar-refractivity contribution < 1.29 is 13.9 Å². The predicted molar refractivity (Wildman–Crippen MR) is 88.0 cm³/mol. The van der Waals surface area contributed by atoms with E-state index in [1.165, 1.54) is 19.2 Å². The summed E-state index contributed by atoms with van der Waals surface area (Å²) < 4.78 is 19.9. The van der Waals surface area contributed by atoms with Crippen LogP contribution in [0.15, 0.2) is 47.6 Å². The van der Waals surface area contributed by atoms with E-state index >= 15 is 0 Å². The Morgan fingerprint density at radius 3 is 2.70 bits per heavy atom. The Morgan fingerprint density at radius 2 is 2.00 bits per heavy atom. The lowest BCUT2D eigenvalue weighted by Crippen LogP contribution is -2.00. The van der Waals surface area contributed by atoms with E-state index in [1.807, 2.05) is 23.7 Å². The van der Waals surface area contributed by atoms with E-state index < -0.39 is 0 Å². The molecule has 0 aliphatic rings. The van der Waals surface area contributed by atoms with Crippen molar-refractivity contribution >= 4 is 28.8 Å². The summed E-state index contributed by atoms with van der Waals surface area (Å²) in [5.74, 6) is 0.0771. The molecule has 0 bridgehead atoms. The highest BCUT2D eigenvalue weighted by Gasteiger charge is 2.10. The van der Waals surface area contributed by atoms with Crippen molar-refractivity contribution in [1.29, 1.82) is 0 Å². The minimum atomic E-state index is -0.346. The molecule has 0 amide bonds. The van der Waals surface area contributed by atoms with Crippen LogP contribution in [-0.2, 0) is 17.5 Å². The Hall–Kier alpha value is -2.34. The molecule has 0 saturated heterocycles. The highest BCUT2D eigenvalue weighted by molar-refractivity contribution is 7.98. The molecule has 4 nitrogen and oxygen atoms in total. The van der Waals surface area contributed by atoms with Crippen LogP contribution in [0.2, 0.25) is 0 Å². The molecule has 2 aromatic carbocycles. The summed E-state index contributed by atoms with van der Waals surface area (Å²) in [6.07, 6.45) is 0. The van der Waals surface area contributed by atoms with Crippen LogP contribution in [-0.4, -0.2) is 22.6 Å². The molecule has 0 N–H and O–H groups in total. The number of carbonyl (C=O) groups is 1. The zero-order chi connectivity index (χ0) is 16.4. The Balaban J connectivity index is 1.75. The molecular formula is C17H15FN2O2S. The van der Waals surface area contributed by atoms with E-state index in [1.54, 1.807) is 30.0 Å². The van der Waals surface area contributed by atoms with Crippen LogP contribution < -0.4 is 0 Å². The van der Waals surface area contributed by atoms with Gasteiger partial charge in [-0.3, -0.25) is 0 Å². The van der Waals surface area contributed by atoms with Gasteiger partial charge in [-0.05, 0) is 29.8 Å². The molecule has 0 spiro atoms. The second-order valence-electron chi connectivity index (χ2n) is 5.06. The molecule has 0 unspecified atom stereocenters. The zero-order valence-corrected chi connectivity index (χ0v) is 13.6. The summed E-state index contributed by atoms with van der Waals surface area (Å²) in [4.78, 5) is 15.9. The van der Waals surface area contributed by atoms with Crippen molar-refractivity contribution in [2.45, 2.75) is 10.9 Å². The minimum absolute atomic E-state index is 0.287. The van der Waals surface area contributed by atoms with Gasteiger partial charge in [0, 0.05) is 18.9 Å². The third-order valence-electron chi connectivity index (χ3n) is 3.54. The Bertz CT molecular complexity index is 859. The number of rotatable bonds is 4. The van der Waals surface area contributed by atoms with Gasteiger partial charge in [0.25, 0.3) is 0 Å². The third-order valence-corrected chi connectivity index (χ3v) is 4.65. The molecule has 0 atom stereocenters. The average molecular weight is 330 g/mol. The highest BCUT2D eigenvalue weighted by atomic mass is 32.2. The van der Waals surface area contributed by atoms with Gasteiger partial charge < -0.3 is 9.30 Å². The lowest BCUT2D eigenvalue weighted by atomic mass is 10.1. The highest BCUT2D eigenvalue weighted by Crippen LogP contribution is 2.26. The van der Waals surface area contributed by atoms with Crippen molar-refractivity contribution in [3.8, 4) is 0 Å². The lowest BCUT2D eigenvalue weighted by molar-refractivity contribution is 0.0600. The third kappa shape index (κ3) is 3.22. The molecule has 3 rings (SSSR count). The van der Waals surface area contributed by atoms with Crippen molar-refractivity contribution in [3.63, 3.8) is 0 Å². The van der Waals surface area contributed by atoms with Crippen LogP contribution >= 0.6 is 11.8 Å². The van der Waals surface area contributed by atoms with Crippen LogP contribution in [0.5, 0.6) is 0 Å². The second kappa shape index (κ2) is 6.42. The molecule has 3 aromatic rings. The molecule has 1 heterocycles. The Kier molecular flexibility index (Phi) is 4.34. The Labute approximate surface area is 137 Å². The monoisotopic (exact) mass is 330 g/mol.